The van der Waals surface area contributed by atoms with Crippen molar-refractivity contribution in [2.24, 2.45) is 5.41 Å². The van der Waals surface area contributed by atoms with E-state index in [1.165, 1.54) is 0 Å². The summed E-state index contributed by atoms with van der Waals surface area (Å²) < 4.78 is -0.0201. The van der Waals surface area contributed by atoms with Crippen LogP contribution in [0.2, 0.25) is 0 Å². The molecule has 0 aromatic heterocycles. The quantitative estimate of drug-likeness (QED) is 0.699. The van der Waals surface area contributed by atoms with Gasteiger partial charge < -0.3 is 10.0 Å². The average molecular weight is 374 g/mol. The van der Waals surface area contributed by atoms with Gasteiger partial charge in [-0.1, -0.05) is 62.3 Å². The number of carbonyl (C=O) groups is 1. The number of carbonyl (C=O) groups excluding carboxylic acids is 1. The highest BCUT2D eigenvalue weighted by Gasteiger charge is 2.44. The van der Waals surface area contributed by atoms with E-state index >= 15 is 0 Å². The Morgan fingerprint density at radius 1 is 1.00 bits per heavy atom. The lowest BCUT2D eigenvalue weighted by atomic mass is 9.81. The van der Waals surface area contributed by atoms with Crippen LogP contribution in [0.3, 0.4) is 0 Å². The van der Waals surface area contributed by atoms with Crippen molar-refractivity contribution in [1.29, 1.82) is 0 Å². The molecule has 0 saturated carbocycles. The van der Waals surface area contributed by atoms with Crippen molar-refractivity contribution >= 4 is 29.4 Å². The maximum atomic E-state index is 12.5. The van der Waals surface area contributed by atoms with Crippen LogP contribution < -0.4 is 0 Å². The van der Waals surface area contributed by atoms with E-state index < -0.39 is 6.10 Å². The molecule has 1 amide bonds. The topological polar surface area (TPSA) is 40.5 Å². The first-order chi connectivity index (χ1) is 10.5. The van der Waals surface area contributed by atoms with Crippen molar-refractivity contribution in [3.8, 4) is 0 Å². The van der Waals surface area contributed by atoms with E-state index in [0.717, 1.165) is 5.57 Å². The summed E-state index contributed by atoms with van der Waals surface area (Å²) in [7, 11) is 0. The molecular weight excluding hydrogens is 338 g/mol. The Bertz CT molecular complexity index is 495. The zero-order valence-corrected chi connectivity index (χ0v) is 18.6. The van der Waals surface area contributed by atoms with E-state index in [4.69, 9.17) is 0 Å². The summed E-state index contributed by atoms with van der Waals surface area (Å²) in [5, 5.41) is 10.8. The van der Waals surface area contributed by atoms with Gasteiger partial charge >= 0.3 is 0 Å². The molecule has 1 aliphatic heterocycles. The molecule has 3 atom stereocenters. The molecule has 0 saturated heterocycles. The van der Waals surface area contributed by atoms with E-state index in [2.05, 4.69) is 68.4 Å². The lowest BCUT2D eigenvalue weighted by Crippen LogP contribution is -2.55. The fraction of sp³-hybridized carbons (Fsp3) is 0.842. The Balaban J connectivity index is 3.41. The smallest absolute Gasteiger partial charge is 0.221 e. The number of aliphatic hydroxyl groups is 1. The first kappa shape index (κ1) is 21.9. The normalized spacial score (nSPS) is 26.4. The van der Waals surface area contributed by atoms with E-state index in [-0.39, 0.29) is 31.6 Å². The van der Waals surface area contributed by atoms with Crippen molar-refractivity contribution < 1.29 is 9.90 Å². The van der Waals surface area contributed by atoms with Crippen LogP contribution in [0.25, 0.3) is 0 Å². The average Bonchev–Trinajstić information content (AvgIpc) is 2.27. The van der Waals surface area contributed by atoms with Crippen LogP contribution in [-0.4, -0.2) is 42.3 Å². The third kappa shape index (κ3) is 5.99. The fourth-order valence-electron chi connectivity index (χ4n) is 2.77. The van der Waals surface area contributed by atoms with Gasteiger partial charge in [0.15, 0.2) is 0 Å². The highest BCUT2D eigenvalue weighted by atomic mass is 32.2. The molecule has 3 unspecified atom stereocenters. The van der Waals surface area contributed by atoms with Crippen LogP contribution in [0.4, 0.5) is 0 Å². The number of hydrogen-bond acceptors (Lipinski definition) is 4. The number of rotatable bonds is 2. The summed E-state index contributed by atoms with van der Waals surface area (Å²) in [6.07, 6.45) is 1.47. The maximum absolute atomic E-state index is 12.5. The van der Waals surface area contributed by atoms with Gasteiger partial charge in [0.2, 0.25) is 5.91 Å². The van der Waals surface area contributed by atoms with Crippen LogP contribution in [0.1, 0.15) is 69.2 Å². The maximum Gasteiger partial charge on any atom is 0.221 e. The number of thioether (sulfide) groups is 2. The molecule has 0 radical (unpaired) electrons. The summed E-state index contributed by atoms with van der Waals surface area (Å²) in [5.74, 6) is 0.0155. The zero-order valence-electron chi connectivity index (χ0n) is 16.9. The minimum absolute atomic E-state index is 0.0155. The van der Waals surface area contributed by atoms with Crippen molar-refractivity contribution in [1.82, 2.24) is 4.90 Å². The van der Waals surface area contributed by atoms with Gasteiger partial charge in [0.1, 0.15) is 11.5 Å². The third-order valence-corrected chi connectivity index (χ3v) is 6.38. The summed E-state index contributed by atoms with van der Waals surface area (Å²) in [4.78, 5) is 14.3. The molecule has 3 nitrogen and oxygen atoms in total. The molecule has 0 fully saturated rings. The van der Waals surface area contributed by atoms with Crippen LogP contribution in [0.5, 0.6) is 0 Å². The molecule has 0 aromatic carbocycles. The summed E-state index contributed by atoms with van der Waals surface area (Å²) in [6, 6.07) is 0. The molecule has 0 aromatic rings. The number of nitrogens with zero attached hydrogens (tertiary/aromatic N) is 1. The second-order valence-electron chi connectivity index (χ2n) is 9.48. The molecule has 1 heterocycles. The van der Waals surface area contributed by atoms with Gasteiger partial charge in [-0.05, 0) is 17.1 Å². The second kappa shape index (κ2) is 7.24. The zero-order chi connectivity index (χ0) is 19.1. The molecule has 5 heteroatoms. The van der Waals surface area contributed by atoms with E-state index in [9.17, 15) is 9.90 Å². The second-order valence-corrected chi connectivity index (χ2v) is 13.4. The fourth-order valence-corrected chi connectivity index (χ4v) is 5.57. The molecule has 140 valence electrons. The van der Waals surface area contributed by atoms with Crippen molar-refractivity contribution in [3.05, 3.63) is 11.6 Å². The van der Waals surface area contributed by atoms with Gasteiger partial charge in [-0.3, -0.25) is 4.79 Å². The van der Waals surface area contributed by atoms with Crippen LogP contribution in [0.15, 0.2) is 11.6 Å². The molecule has 24 heavy (non-hydrogen) atoms. The minimum Gasteiger partial charge on any atom is -0.386 e. The Morgan fingerprint density at radius 3 is 1.79 bits per heavy atom. The lowest BCUT2D eigenvalue weighted by Gasteiger charge is -2.48. The summed E-state index contributed by atoms with van der Waals surface area (Å²) in [6.45, 7) is 20.9. The van der Waals surface area contributed by atoms with Crippen molar-refractivity contribution in [2.45, 2.75) is 95.6 Å². The number of hydrogen-bond donors (Lipinski definition) is 1. The molecule has 1 N–H and O–H groups in total. The van der Waals surface area contributed by atoms with E-state index in [1.807, 2.05) is 4.90 Å². The lowest BCUT2D eigenvalue weighted by molar-refractivity contribution is -0.131. The monoisotopic (exact) mass is 373 g/mol. The van der Waals surface area contributed by atoms with Gasteiger partial charge in [0.25, 0.3) is 0 Å². The summed E-state index contributed by atoms with van der Waals surface area (Å²) >= 11 is 3.44. The first-order valence-electron chi connectivity index (χ1n) is 8.58. The molecule has 0 bridgehead atoms. The Morgan fingerprint density at radius 2 is 1.46 bits per heavy atom. The SMILES string of the molecule is CC(=O)N1C(SC(C)(C)C)C=C(C(C)(C)C)C(O)C1SC(C)(C)C. The Labute approximate surface area is 157 Å². The first-order valence-corrected chi connectivity index (χ1v) is 10.3. The third-order valence-electron chi connectivity index (χ3n) is 3.64. The Kier molecular flexibility index (Phi) is 6.61. The van der Waals surface area contributed by atoms with E-state index in [0.29, 0.717) is 0 Å². The standard InChI is InChI=1S/C19H35NO2S2/c1-12(21)20-14(23-18(5,6)7)11-13(17(2,3)4)15(22)16(20)24-19(8,9)10/h11,14-16,22H,1-10H3. The number of amides is 1. The van der Waals surface area contributed by atoms with Crippen LogP contribution >= 0.6 is 23.5 Å². The highest BCUT2D eigenvalue weighted by molar-refractivity contribution is 8.02. The molecule has 0 spiro atoms. The predicted molar refractivity (Wildman–Crippen MR) is 108 cm³/mol. The number of aliphatic hydroxyl groups excluding tert-OH is 1. The van der Waals surface area contributed by atoms with Crippen LogP contribution in [0, 0.1) is 5.41 Å². The van der Waals surface area contributed by atoms with Gasteiger partial charge in [0, 0.05) is 16.4 Å². The highest BCUT2D eigenvalue weighted by Crippen LogP contribution is 2.46. The van der Waals surface area contributed by atoms with Gasteiger partial charge in [-0.2, -0.15) is 0 Å². The molecule has 1 aliphatic rings. The molecule has 1 rings (SSSR count). The van der Waals surface area contributed by atoms with Crippen molar-refractivity contribution in [2.75, 3.05) is 0 Å². The van der Waals surface area contributed by atoms with Crippen molar-refractivity contribution in [3.63, 3.8) is 0 Å². The van der Waals surface area contributed by atoms with E-state index in [1.54, 1.807) is 30.4 Å². The van der Waals surface area contributed by atoms with Gasteiger partial charge in [-0.25, -0.2) is 0 Å². The predicted octanol–water partition coefficient (Wildman–Crippen LogP) is 4.90. The molecule has 0 aliphatic carbocycles. The van der Waals surface area contributed by atoms with Gasteiger partial charge in [0.05, 0.1) is 5.37 Å². The minimum atomic E-state index is -0.644. The Hall–Kier alpha value is -0.130. The largest absolute Gasteiger partial charge is 0.386 e. The van der Waals surface area contributed by atoms with Gasteiger partial charge in [-0.15, -0.1) is 23.5 Å². The summed E-state index contributed by atoms with van der Waals surface area (Å²) in [5.41, 5.74) is 0.902. The molecular formula is C19H35NO2S2. The van der Waals surface area contributed by atoms with Crippen LogP contribution in [-0.2, 0) is 4.79 Å².